The maximum absolute atomic E-state index is 11.1. The quantitative estimate of drug-likeness (QED) is 0.742. The molecule has 0 radical (unpaired) electrons. The summed E-state index contributed by atoms with van der Waals surface area (Å²) in [5, 5.41) is 13.8. The average Bonchev–Trinajstić information content (AvgIpc) is 2.67. The maximum atomic E-state index is 11.1. The van der Waals surface area contributed by atoms with E-state index in [9.17, 15) is 9.90 Å². The fourth-order valence-corrected chi connectivity index (χ4v) is 1.40. The number of hydrogen-bond acceptors (Lipinski definition) is 4. The summed E-state index contributed by atoms with van der Waals surface area (Å²) in [6, 6.07) is 0. The molecule has 0 bridgehead atoms. The predicted molar refractivity (Wildman–Crippen MR) is 58.7 cm³/mol. The Morgan fingerprint density at radius 2 is 2.38 bits per heavy atom. The minimum Gasteiger partial charge on any atom is -0.466 e. The Hall–Kier alpha value is -1.36. The van der Waals surface area contributed by atoms with E-state index in [1.54, 1.807) is 24.0 Å². The number of aromatic nitrogens is 2. The lowest BCUT2D eigenvalue weighted by Crippen LogP contribution is -2.09. The summed E-state index contributed by atoms with van der Waals surface area (Å²) >= 11 is 0. The van der Waals surface area contributed by atoms with Gasteiger partial charge in [-0.2, -0.15) is 5.10 Å². The fraction of sp³-hybridized carbons (Fsp3) is 0.636. The first-order valence-corrected chi connectivity index (χ1v) is 5.53. The van der Waals surface area contributed by atoms with E-state index in [-0.39, 0.29) is 6.42 Å². The second-order valence-electron chi connectivity index (χ2n) is 3.56. The summed E-state index contributed by atoms with van der Waals surface area (Å²) in [6.07, 6.45) is 3.47. The lowest BCUT2D eigenvalue weighted by Gasteiger charge is -2.07. The maximum Gasteiger partial charge on any atom is 0.308 e. The van der Waals surface area contributed by atoms with Crippen LogP contribution in [-0.2, 0) is 16.1 Å². The number of carbonyl (C=O) groups is 1. The number of ether oxygens (including phenoxy) is 1. The van der Waals surface area contributed by atoms with E-state index in [2.05, 4.69) is 12.0 Å². The van der Waals surface area contributed by atoms with E-state index >= 15 is 0 Å². The molecule has 1 atom stereocenters. The third kappa shape index (κ3) is 3.66. The van der Waals surface area contributed by atoms with Crippen LogP contribution in [0.4, 0.5) is 0 Å². The summed E-state index contributed by atoms with van der Waals surface area (Å²) in [5.41, 5.74) is 0.654. The van der Waals surface area contributed by atoms with Gasteiger partial charge in [-0.15, -0.1) is 0 Å². The third-order valence-corrected chi connectivity index (χ3v) is 2.16. The fourth-order valence-electron chi connectivity index (χ4n) is 1.40. The number of nitrogens with zero attached hydrogens (tertiary/aromatic N) is 2. The molecule has 1 heterocycles. The molecule has 0 fully saturated rings. The van der Waals surface area contributed by atoms with Gasteiger partial charge in [0.15, 0.2) is 0 Å². The van der Waals surface area contributed by atoms with Crippen LogP contribution in [0, 0.1) is 0 Å². The smallest absolute Gasteiger partial charge is 0.308 e. The number of aliphatic hydroxyl groups is 1. The van der Waals surface area contributed by atoms with Gasteiger partial charge in [0.2, 0.25) is 0 Å². The molecule has 0 aliphatic carbocycles. The molecule has 5 heteroatoms. The van der Waals surface area contributed by atoms with Crippen LogP contribution in [0.5, 0.6) is 0 Å². The lowest BCUT2D eigenvalue weighted by molar-refractivity contribution is -0.145. The Kier molecular flexibility index (Phi) is 4.98. The number of hydrogen-bond donors (Lipinski definition) is 1. The van der Waals surface area contributed by atoms with E-state index in [1.165, 1.54) is 0 Å². The molecule has 0 aromatic carbocycles. The first-order valence-electron chi connectivity index (χ1n) is 5.53. The van der Waals surface area contributed by atoms with Gasteiger partial charge < -0.3 is 9.84 Å². The Bertz CT molecular complexity index is 336. The van der Waals surface area contributed by atoms with Crippen molar-refractivity contribution >= 4 is 5.97 Å². The van der Waals surface area contributed by atoms with Crippen molar-refractivity contribution in [3.05, 3.63) is 18.0 Å². The molecule has 1 aromatic rings. The van der Waals surface area contributed by atoms with Crippen molar-refractivity contribution in [2.45, 2.75) is 39.3 Å². The van der Waals surface area contributed by atoms with Crippen molar-refractivity contribution in [3.63, 3.8) is 0 Å². The van der Waals surface area contributed by atoms with E-state index in [4.69, 9.17) is 4.74 Å². The Morgan fingerprint density at radius 1 is 1.62 bits per heavy atom. The van der Waals surface area contributed by atoms with Crippen molar-refractivity contribution in [1.82, 2.24) is 9.78 Å². The monoisotopic (exact) mass is 226 g/mol. The van der Waals surface area contributed by atoms with Gasteiger partial charge in [0.25, 0.3) is 0 Å². The number of carbonyl (C=O) groups excluding carboxylic acids is 1. The summed E-state index contributed by atoms with van der Waals surface area (Å²) in [4.78, 5) is 11.1. The first-order chi connectivity index (χ1) is 7.67. The van der Waals surface area contributed by atoms with Gasteiger partial charge in [-0.1, -0.05) is 6.92 Å². The summed E-state index contributed by atoms with van der Waals surface area (Å²) in [6.45, 7) is 4.94. The molecular formula is C11H18N2O3. The SMILES string of the molecule is CCCn1cc(C(O)CC(=O)OCC)cn1. The highest BCUT2D eigenvalue weighted by Crippen LogP contribution is 2.16. The largest absolute Gasteiger partial charge is 0.466 e. The molecule has 1 unspecified atom stereocenters. The highest BCUT2D eigenvalue weighted by Gasteiger charge is 2.15. The van der Waals surface area contributed by atoms with E-state index < -0.39 is 12.1 Å². The van der Waals surface area contributed by atoms with Crippen molar-refractivity contribution < 1.29 is 14.6 Å². The molecule has 5 nitrogen and oxygen atoms in total. The normalized spacial score (nSPS) is 12.4. The highest BCUT2D eigenvalue weighted by atomic mass is 16.5. The number of esters is 1. The summed E-state index contributed by atoms with van der Waals surface area (Å²) in [5.74, 6) is -0.391. The van der Waals surface area contributed by atoms with E-state index in [0.717, 1.165) is 13.0 Å². The van der Waals surface area contributed by atoms with Crippen LogP contribution in [0.3, 0.4) is 0 Å². The molecule has 16 heavy (non-hydrogen) atoms. The van der Waals surface area contributed by atoms with Gasteiger partial charge in [-0.25, -0.2) is 0 Å². The van der Waals surface area contributed by atoms with Crippen LogP contribution in [0.15, 0.2) is 12.4 Å². The second-order valence-corrected chi connectivity index (χ2v) is 3.56. The molecule has 0 spiro atoms. The molecule has 90 valence electrons. The molecule has 0 aliphatic rings. The van der Waals surface area contributed by atoms with Crippen molar-refractivity contribution in [2.75, 3.05) is 6.61 Å². The zero-order chi connectivity index (χ0) is 12.0. The van der Waals surface area contributed by atoms with Crippen LogP contribution in [0.1, 0.15) is 38.4 Å². The number of aliphatic hydroxyl groups excluding tert-OH is 1. The zero-order valence-corrected chi connectivity index (χ0v) is 9.72. The summed E-state index contributed by atoms with van der Waals surface area (Å²) in [7, 11) is 0. The average molecular weight is 226 g/mol. The van der Waals surface area contributed by atoms with Gasteiger partial charge >= 0.3 is 5.97 Å². The van der Waals surface area contributed by atoms with Crippen LogP contribution >= 0.6 is 0 Å². The molecule has 1 N–H and O–H groups in total. The minimum absolute atomic E-state index is 0.0222. The van der Waals surface area contributed by atoms with Crippen molar-refractivity contribution in [2.24, 2.45) is 0 Å². The zero-order valence-electron chi connectivity index (χ0n) is 9.72. The number of aryl methyl sites for hydroxylation is 1. The Labute approximate surface area is 95.0 Å². The number of rotatable bonds is 6. The molecule has 0 amide bonds. The van der Waals surface area contributed by atoms with Crippen molar-refractivity contribution in [1.29, 1.82) is 0 Å². The van der Waals surface area contributed by atoms with Crippen LogP contribution in [0.25, 0.3) is 0 Å². The van der Waals surface area contributed by atoms with Crippen LogP contribution in [-0.4, -0.2) is 27.5 Å². The highest BCUT2D eigenvalue weighted by molar-refractivity contribution is 5.70. The lowest BCUT2D eigenvalue weighted by atomic mass is 10.1. The molecular weight excluding hydrogens is 208 g/mol. The van der Waals surface area contributed by atoms with E-state index in [1.807, 2.05) is 0 Å². The van der Waals surface area contributed by atoms with Gasteiger partial charge in [0, 0.05) is 18.3 Å². The molecule has 0 saturated heterocycles. The van der Waals surface area contributed by atoms with Crippen LogP contribution < -0.4 is 0 Å². The van der Waals surface area contributed by atoms with Gasteiger partial charge in [0.1, 0.15) is 0 Å². The van der Waals surface area contributed by atoms with Gasteiger partial charge in [-0.05, 0) is 13.3 Å². The van der Waals surface area contributed by atoms with E-state index in [0.29, 0.717) is 12.2 Å². The van der Waals surface area contributed by atoms with Crippen LogP contribution in [0.2, 0.25) is 0 Å². The molecule has 1 rings (SSSR count). The standard InChI is InChI=1S/C11H18N2O3/c1-3-5-13-8-9(7-12-13)10(14)6-11(15)16-4-2/h7-8,10,14H,3-6H2,1-2H3. The van der Waals surface area contributed by atoms with Gasteiger partial charge in [-0.3, -0.25) is 9.48 Å². The van der Waals surface area contributed by atoms with Gasteiger partial charge in [0.05, 0.1) is 25.3 Å². The predicted octanol–water partition coefficient (Wildman–Crippen LogP) is 1.28. The second kappa shape index (κ2) is 6.27. The first kappa shape index (κ1) is 12.7. The summed E-state index contributed by atoms with van der Waals surface area (Å²) < 4.78 is 6.52. The molecule has 0 saturated carbocycles. The minimum atomic E-state index is -0.829. The Balaban J connectivity index is 2.51. The molecule has 1 aromatic heterocycles. The Morgan fingerprint density at radius 3 is 3.00 bits per heavy atom. The third-order valence-electron chi connectivity index (χ3n) is 2.16. The topological polar surface area (TPSA) is 64.4 Å². The molecule has 0 aliphatic heterocycles. The van der Waals surface area contributed by atoms with Crippen molar-refractivity contribution in [3.8, 4) is 0 Å².